The van der Waals surface area contributed by atoms with E-state index in [1.54, 1.807) is 0 Å². The van der Waals surface area contributed by atoms with Crippen LogP contribution in [0.3, 0.4) is 0 Å². The van der Waals surface area contributed by atoms with E-state index >= 15 is 0 Å². The molecular weight excluding hydrogens is 268 g/mol. The number of nitrogens with zero attached hydrogens (tertiary/aromatic N) is 1. The summed E-state index contributed by atoms with van der Waals surface area (Å²) < 4.78 is 0. The van der Waals surface area contributed by atoms with E-state index in [4.69, 9.17) is 5.11 Å². The van der Waals surface area contributed by atoms with Gasteiger partial charge < -0.3 is 10.4 Å². The lowest BCUT2D eigenvalue weighted by Crippen LogP contribution is -2.27. The van der Waals surface area contributed by atoms with Crippen molar-refractivity contribution in [1.82, 2.24) is 10.3 Å². The Labute approximate surface area is 124 Å². The quantitative estimate of drug-likeness (QED) is 0.874. The lowest BCUT2D eigenvalue weighted by Gasteiger charge is -2.26. The van der Waals surface area contributed by atoms with Gasteiger partial charge in [0, 0.05) is 12.7 Å². The largest absolute Gasteiger partial charge is 0.478 e. The Bertz CT molecular complexity index is 499. The van der Waals surface area contributed by atoms with E-state index in [0.717, 1.165) is 12.3 Å². The van der Waals surface area contributed by atoms with E-state index < -0.39 is 5.97 Å². The highest BCUT2D eigenvalue weighted by Crippen LogP contribution is 2.30. The van der Waals surface area contributed by atoms with Crippen LogP contribution in [0.5, 0.6) is 0 Å². The van der Waals surface area contributed by atoms with Crippen LogP contribution in [-0.4, -0.2) is 28.5 Å². The third-order valence-electron chi connectivity index (χ3n) is 4.13. The number of aromatic nitrogens is 1. The molecule has 0 aliphatic heterocycles. The molecule has 0 aromatic carbocycles. The molecule has 1 aromatic heterocycles. The number of nitrogens with one attached hydrogen (secondary N) is 1. The molecular formula is C16H22N2O3. The van der Waals surface area contributed by atoms with Crippen molar-refractivity contribution in [3.8, 4) is 0 Å². The second-order valence-corrected chi connectivity index (χ2v) is 5.92. The first-order chi connectivity index (χ1) is 10.1. The Kier molecular flexibility index (Phi) is 5.31. The second kappa shape index (κ2) is 7.20. The molecule has 1 aromatic rings. The molecule has 0 saturated heterocycles. The van der Waals surface area contributed by atoms with E-state index in [1.165, 1.54) is 44.0 Å². The minimum absolute atomic E-state index is 0.0859. The molecule has 2 N–H and O–H groups in total. The predicted molar refractivity (Wildman–Crippen MR) is 79.3 cm³/mol. The van der Waals surface area contributed by atoms with Gasteiger partial charge in [0.15, 0.2) is 0 Å². The third kappa shape index (κ3) is 4.55. The summed E-state index contributed by atoms with van der Waals surface area (Å²) in [6, 6.07) is 2.84. The first-order valence-corrected chi connectivity index (χ1v) is 7.54. The molecule has 0 spiro atoms. The van der Waals surface area contributed by atoms with Gasteiger partial charge in [-0.3, -0.25) is 9.78 Å². The number of pyridine rings is 1. The van der Waals surface area contributed by atoms with Gasteiger partial charge in [-0.2, -0.15) is 0 Å². The Balaban J connectivity index is 1.77. The SMILES string of the molecule is CC1CCCC(CCNC(=O)c2ccc(C(=O)O)cn2)C1. The molecule has 2 rings (SSSR count). The van der Waals surface area contributed by atoms with Crippen LogP contribution in [0.1, 0.15) is 59.9 Å². The summed E-state index contributed by atoms with van der Waals surface area (Å²) in [5.41, 5.74) is 0.347. The van der Waals surface area contributed by atoms with Crippen molar-refractivity contribution in [1.29, 1.82) is 0 Å². The van der Waals surface area contributed by atoms with E-state index in [2.05, 4.69) is 17.2 Å². The van der Waals surface area contributed by atoms with Crippen LogP contribution in [0.2, 0.25) is 0 Å². The summed E-state index contributed by atoms with van der Waals surface area (Å²) in [4.78, 5) is 26.5. The molecule has 1 amide bonds. The van der Waals surface area contributed by atoms with Gasteiger partial charge in [-0.15, -0.1) is 0 Å². The monoisotopic (exact) mass is 290 g/mol. The van der Waals surface area contributed by atoms with E-state index in [0.29, 0.717) is 12.5 Å². The number of carbonyl (C=O) groups is 2. The van der Waals surface area contributed by atoms with Crippen molar-refractivity contribution in [2.75, 3.05) is 6.54 Å². The van der Waals surface area contributed by atoms with Crippen LogP contribution in [0, 0.1) is 11.8 Å². The highest BCUT2D eigenvalue weighted by Gasteiger charge is 2.18. The standard InChI is InChI=1S/C16H22N2O3/c1-11-3-2-4-12(9-11)7-8-17-15(19)14-6-5-13(10-18-14)16(20)21/h5-6,10-12H,2-4,7-9H2,1H3,(H,17,19)(H,20,21). The normalized spacial score (nSPS) is 21.8. The van der Waals surface area contributed by atoms with Gasteiger partial charge in [0.1, 0.15) is 5.69 Å². The Morgan fingerprint density at radius 3 is 2.81 bits per heavy atom. The minimum Gasteiger partial charge on any atom is -0.478 e. The molecule has 0 radical (unpaired) electrons. The fraction of sp³-hybridized carbons (Fsp3) is 0.562. The molecule has 1 aliphatic rings. The van der Waals surface area contributed by atoms with Crippen molar-refractivity contribution in [3.63, 3.8) is 0 Å². The molecule has 21 heavy (non-hydrogen) atoms. The van der Waals surface area contributed by atoms with Gasteiger partial charge in [0.2, 0.25) is 0 Å². The van der Waals surface area contributed by atoms with Crippen LogP contribution in [0.25, 0.3) is 0 Å². The molecule has 1 saturated carbocycles. The summed E-state index contributed by atoms with van der Waals surface area (Å²) in [5, 5.41) is 11.6. The fourth-order valence-electron chi connectivity index (χ4n) is 2.96. The molecule has 5 nitrogen and oxygen atoms in total. The van der Waals surface area contributed by atoms with Crippen molar-refractivity contribution < 1.29 is 14.7 Å². The van der Waals surface area contributed by atoms with Gasteiger partial charge in [-0.05, 0) is 36.8 Å². The smallest absolute Gasteiger partial charge is 0.337 e. The number of hydrogen-bond donors (Lipinski definition) is 2. The van der Waals surface area contributed by atoms with Crippen molar-refractivity contribution in [2.45, 2.75) is 39.0 Å². The zero-order valence-corrected chi connectivity index (χ0v) is 12.3. The van der Waals surface area contributed by atoms with Crippen molar-refractivity contribution >= 4 is 11.9 Å². The predicted octanol–water partition coefficient (Wildman–Crippen LogP) is 2.73. The van der Waals surface area contributed by atoms with E-state index in [1.807, 2.05) is 0 Å². The van der Waals surface area contributed by atoms with Gasteiger partial charge in [0.05, 0.1) is 5.56 Å². The minimum atomic E-state index is -1.04. The Morgan fingerprint density at radius 1 is 1.38 bits per heavy atom. The lowest BCUT2D eigenvalue weighted by molar-refractivity contribution is 0.0695. The molecule has 0 bridgehead atoms. The van der Waals surface area contributed by atoms with Crippen LogP contribution in [0.4, 0.5) is 0 Å². The van der Waals surface area contributed by atoms with E-state index in [-0.39, 0.29) is 17.2 Å². The molecule has 2 unspecified atom stereocenters. The summed E-state index contributed by atoms with van der Waals surface area (Å²) in [6.07, 6.45) is 7.33. The first-order valence-electron chi connectivity index (χ1n) is 7.54. The van der Waals surface area contributed by atoms with Crippen LogP contribution in [0.15, 0.2) is 18.3 Å². The number of carboxylic acid groups (broad SMARTS) is 1. The highest BCUT2D eigenvalue weighted by atomic mass is 16.4. The van der Waals surface area contributed by atoms with Gasteiger partial charge >= 0.3 is 5.97 Å². The van der Waals surface area contributed by atoms with Gasteiger partial charge in [-0.25, -0.2) is 4.79 Å². The maximum absolute atomic E-state index is 11.9. The molecule has 1 aliphatic carbocycles. The molecule has 2 atom stereocenters. The maximum atomic E-state index is 11.9. The van der Waals surface area contributed by atoms with E-state index in [9.17, 15) is 9.59 Å². The lowest BCUT2D eigenvalue weighted by atomic mass is 9.81. The third-order valence-corrected chi connectivity index (χ3v) is 4.13. The molecule has 5 heteroatoms. The van der Waals surface area contributed by atoms with Crippen LogP contribution < -0.4 is 5.32 Å². The van der Waals surface area contributed by atoms with Gasteiger partial charge in [-0.1, -0.05) is 26.2 Å². The number of hydrogen-bond acceptors (Lipinski definition) is 3. The number of aromatic carboxylic acids is 1. The average molecular weight is 290 g/mol. The van der Waals surface area contributed by atoms with Crippen molar-refractivity contribution in [3.05, 3.63) is 29.6 Å². The fourth-order valence-corrected chi connectivity index (χ4v) is 2.96. The zero-order valence-electron chi connectivity index (χ0n) is 12.3. The summed E-state index contributed by atoms with van der Waals surface area (Å²) in [7, 11) is 0. The number of amides is 1. The summed E-state index contributed by atoms with van der Waals surface area (Å²) in [6.45, 7) is 2.94. The number of carbonyl (C=O) groups excluding carboxylic acids is 1. The highest BCUT2D eigenvalue weighted by molar-refractivity contribution is 5.93. The molecule has 1 heterocycles. The molecule has 114 valence electrons. The zero-order chi connectivity index (χ0) is 15.2. The summed E-state index contributed by atoms with van der Waals surface area (Å²) in [5.74, 6) is 0.220. The summed E-state index contributed by atoms with van der Waals surface area (Å²) >= 11 is 0. The molecule has 1 fully saturated rings. The van der Waals surface area contributed by atoms with Gasteiger partial charge in [0.25, 0.3) is 5.91 Å². The Morgan fingerprint density at radius 2 is 2.19 bits per heavy atom. The second-order valence-electron chi connectivity index (χ2n) is 5.92. The van der Waals surface area contributed by atoms with Crippen LogP contribution in [-0.2, 0) is 0 Å². The number of rotatable bonds is 5. The topological polar surface area (TPSA) is 79.3 Å². The van der Waals surface area contributed by atoms with Crippen LogP contribution >= 0.6 is 0 Å². The Hall–Kier alpha value is -1.91. The number of carboxylic acids is 1. The average Bonchev–Trinajstić information content (AvgIpc) is 2.47. The maximum Gasteiger partial charge on any atom is 0.337 e. The first kappa shape index (κ1) is 15.5. The van der Waals surface area contributed by atoms with Crippen molar-refractivity contribution in [2.24, 2.45) is 11.8 Å².